The van der Waals surface area contributed by atoms with Crippen molar-refractivity contribution >= 4 is 57.1 Å². The lowest BCUT2D eigenvalue weighted by Gasteiger charge is -2.11. The molecule has 0 atom stereocenters. The second-order valence-corrected chi connectivity index (χ2v) is 8.62. The number of hydrogen-bond donors (Lipinski definition) is 1. The van der Waals surface area contributed by atoms with Gasteiger partial charge in [-0.1, -0.05) is 23.7 Å². The summed E-state index contributed by atoms with van der Waals surface area (Å²) in [7, 11) is 3.19. The molecular weight excluding hydrogens is 458 g/mol. The Morgan fingerprint density at radius 3 is 2.42 bits per heavy atom. The Labute approximate surface area is 201 Å². The predicted octanol–water partition coefficient (Wildman–Crippen LogP) is 6.28. The number of benzene rings is 3. The minimum absolute atomic E-state index is 0.177. The fourth-order valence-electron chi connectivity index (χ4n) is 3.30. The number of thioether (sulfide) groups is 1. The summed E-state index contributed by atoms with van der Waals surface area (Å²) in [5.41, 5.74) is 3.97. The molecule has 0 fully saturated rings. The number of nitrogens with zero attached hydrogens (tertiary/aromatic N) is 2. The molecule has 168 valence electrons. The highest BCUT2D eigenvalue weighted by Gasteiger charge is 2.17. The predicted molar refractivity (Wildman–Crippen MR) is 136 cm³/mol. The number of methoxy groups -OCH3 is 2. The summed E-state index contributed by atoms with van der Waals surface area (Å²) in [5.74, 6) is 1.34. The van der Waals surface area contributed by atoms with Crippen LogP contribution < -0.4 is 14.8 Å². The number of rotatable bonds is 6. The van der Waals surface area contributed by atoms with E-state index in [1.54, 1.807) is 32.4 Å². The molecule has 1 heterocycles. The molecule has 0 aliphatic carbocycles. The third kappa shape index (κ3) is 5.74. The monoisotopic (exact) mass is 479 g/mol. The van der Waals surface area contributed by atoms with Crippen molar-refractivity contribution in [2.75, 3.05) is 25.3 Å². The van der Waals surface area contributed by atoms with Gasteiger partial charge in [-0.25, -0.2) is 4.99 Å². The first-order valence-electron chi connectivity index (χ1n) is 10.2. The van der Waals surface area contributed by atoms with E-state index < -0.39 is 0 Å². The Kier molecular flexibility index (Phi) is 7.32. The Hall–Kier alpha value is -3.29. The molecule has 4 rings (SSSR count). The van der Waals surface area contributed by atoms with Gasteiger partial charge in [0.2, 0.25) is 5.91 Å². The largest absolute Gasteiger partial charge is 0.497 e. The van der Waals surface area contributed by atoms with Crippen LogP contribution in [0.4, 0.5) is 17.1 Å². The van der Waals surface area contributed by atoms with Crippen molar-refractivity contribution < 1.29 is 14.3 Å². The Morgan fingerprint density at radius 1 is 1.00 bits per heavy atom. The number of carbonyl (C=O) groups is 1. The fourth-order valence-corrected chi connectivity index (χ4v) is 4.25. The van der Waals surface area contributed by atoms with E-state index in [4.69, 9.17) is 31.1 Å². The van der Waals surface area contributed by atoms with Crippen LogP contribution in [0.3, 0.4) is 0 Å². The number of hydrogen-bond acceptors (Lipinski definition) is 6. The quantitative estimate of drug-likeness (QED) is 0.451. The maximum absolute atomic E-state index is 12.7. The van der Waals surface area contributed by atoms with Crippen LogP contribution in [0.15, 0.2) is 76.7 Å². The topological polar surface area (TPSA) is 72.3 Å². The number of anilines is 1. The van der Waals surface area contributed by atoms with Crippen LogP contribution in [0.5, 0.6) is 11.5 Å². The van der Waals surface area contributed by atoms with Crippen LogP contribution in [-0.4, -0.2) is 36.6 Å². The van der Waals surface area contributed by atoms with E-state index in [0.717, 1.165) is 33.4 Å². The van der Waals surface area contributed by atoms with Gasteiger partial charge in [0.15, 0.2) is 0 Å². The average molecular weight is 480 g/mol. The first-order chi connectivity index (χ1) is 16.1. The number of para-hydroxylation sites is 2. The molecule has 8 heteroatoms. The van der Waals surface area contributed by atoms with Gasteiger partial charge in [0.1, 0.15) is 11.5 Å². The lowest BCUT2D eigenvalue weighted by atomic mass is 10.1. The van der Waals surface area contributed by atoms with E-state index in [-0.39, 0.29) is 11.7 Å². The van der Waals surface area contributed by atoms with Gasteiger partial charge in [-0.3, -0.25) is 9.79 Å². The van der Waals surface area contributed by atoms with Gasteiger partial charge in [0, 0.05) is 11.4 Å². The van der Waals surface area contributed by atoms with Crippen molar-refractivity contribution in [1.82, 2.24) is 0 Å². The second kappa shape index (κ2) is 10.6. The first-order valence-corrected chi connectivity index (χ1v) is 11.6. The summed E-state index contributed by atoms with van der Waals surface area (Å²) >= 11 is 7.45. The SMILES string of the molecule is COc1ccc(C2=Nc3ccccc3N=C(SCC(=O)Nc3cc(Cl)ccc3OC)C2)cc1. The highest BCUT2D eigenvalue weighted by atomic mass is 35.5. The van der Waals surface area contributed by atoms with Gasteiger partial charge < -0.3 is 14.8 Å². The molecule has 3 aromatic carbocycles. The molecule has 1 N–H and O–H groups in total. The maximum Gasteiger partial charge on any atom is 0.234 e. The highest BCUT2D eigenvalue weighted by Crippen LogP contribution is 2.34. The van der Waals surface area contributed by atoms with Gasteiger partial charge >= 0.3 is 0 Å². The molecule has 1 aliphatic heterocycles. The van der Waals surface area contributed by atoms with Crippen molar-refractivity contribution in [2.24, 2.45) is 9.98 Å². The number of aliphatic imine (C=N–C) groups is 2. The minimum Gasteiger partial charge on any atom is -0.497 e. The maximum atomic E-state index is 12.7. The van der Waals surface area contributed by atoms with Gasteiger partial charge in [-0.2, -0.15) is 0 Å². The highest BCUT2D eigenvalue weighted by molar-refractivity contribution is 8.14. The minimum atomic E-state index is -0.177. The smallest absolute Gasteiger partial charge is 0.234 e. The second-order valence-electron chi connectivity index (χ2n) is 7.14. The fraction of sp³-hybridized carbons (Fsp3) is 0.160. The summed E-state index contributed by atoms with van der Waals surface area (Å²) in [5, 5.41) is 4.19. The molecule has 0 unspecified atom stereocenters. The van der Waals surface area contributed by atoms with E-state index in [9.17, 15) is 4.79 Å². The number of nitrogens with one attached hydrogen (secondary N) is 1. The molecule has 0 aromatic heterocycles. The summed E-state index contributed by atoms with van der Waals surface area (Å²) in [6, 6.07) is 20.6. The Balaban J connectivity index is 1.52. The Bertz CT molecular complexity index is 1230. The van der Waals surface area contributed by atoms with E-state index in [1.165, 1.54) is 11.8 Å². The lowest BCUT2D eigenvalue weighted by Crippen LogP contribution is -2.16. The molecular formula is C25H22ClN3O3S. The molecule has 6 nitrogen and oxygen atoms in total. The zero-order valence-electron chi connectivity index (χ0n) is 18.2. The van der Waals surface area contributed by atoms with Crippen molar-refractivity contribution in [3.63, 3.8) is 0 Å². The number of ether oxygens (including phenoxy) is 2. The van der Waals surface area contributed by atoms with Crippen molar-refractivity contribution in [2.45, 2.75) is 6.42 Å². The molecule has 1 aliphatic rings. The van der Waals surface area contributed by atoms with E-state index >= 15 is 0 Å². The van der Waals surface area contributed by atoms with E-state index in [1.807, 2.05) is 48.5 Å². The summed E-state index contributed by atoms with van der Waals surface area (Å²) in [6.07, 6.45) is 0.513. The molecule has 3 aromatic rings. The molecule has 0 saturated carbocycles. The van der Waals surface area contributed by atoms with Crippen molar-refractivity contribution in [1.29, 1.82) is 0 Å². The number of amides is 1. The molecule has 0 spiro atoms. The van der Waals surface area contributed by atoms with Gasteiger partial charge in [0.25, 0.3) is 0 Å². The van der Waals surface area contributed by atoms with Crippen LogP contribution in [-0.2, 0) is 4.79 Å². The third-order valence-electron chi connectivity index (χ3n) is 4.93. The first kappa shape index (κ1) is 22.9. The zero-order valence-corrected chi connectivity index (χ0v) is 19.7. The summed E-state index contributed by atoms with van der Waals surface area (Å²) in [4.78, 5) is 22.3. The summed E-state index contributed by atoms with van der Waals surface area (Å²) in [6.45, 7) is 0. The van der Waals surface area contributed by atoms with Crippen molar-refractivity contribution in [3.05, 3.63) is 77.3 Å². The number of halogens is 1. The zero-order chi connectivity index (χ0) is 23.2. The third-order valence-corrected chi connectivity index (χ3v) is 6.14. The molecule has 1 amide bonds. The van der Waals surface area contributed by atoms with Crippen LogP contribution in [0.2, 0.25) is 5.02 Å². The number of fused-ring (bicyclic) bond motifs is 1. The van der Waals surface area contributed by atoms with Crippen LogP contribution >= 0.6 is 23.4 Å². The standard InChI is InChI=1S/C25H22ClN3O3S/c1-31-18-10-7-16(8-11-18)21-14-25(29-20-6-4-3-5-19(20)27-21)33-15-24(30)28-22-13-17(26)9-12-23(22)32-2/h3-13H,14-15H2,1-2H3,(H,28,30). The van der Waals surface area contributed by atoms with Crippen molar-refractivity contribution in [3.8, 4) is 11.5 Å². The average Bonchev–Trinajstić information content (AvgIpc) is 3.02. The normalized spacial score (nSPS) is 12.7. The van der Waals surface area contributed by atoms with Gasteiger partial charge in [-0.05, 0) is 60.2 Å². The van der Waals surface area contributed by atoms with Gasteiger partial charge in [0.05, 0.1) is 47.8 Å². The van der Waals surface area contributed by atoms with Crippen LogP contribution in [0.1, 0.15) is 12.0 Å². The van der Waals surface area contributed by atoms with E-state index in [2.05, 4.69) is 5.32 Å². The number of carbonyl (C=O) groups excluding carboxylic acids is 1. The Morgan fingerprint density at radius 2 is 1.73 bits per heavy atom. The molecule has 33 heavy (non-hydrogen) atoms. The van der Waals surface area contributed by atoms with Gasteiger partial charge in [-0.15, -0.1) is 11.8 Å². The molecule has 0 bridgehead atoms. The van der Waals surface area contributed by atoms with Crippen LogP contribution in [0.25, 0.3) is 0 Å². The molecule has 0 radical (unpaired) electrons. The molecule has 0 saturated heterocycles. The summed E-state index contributed by atoms with van der Waals surface area (Å²) < 4.78 is 10.6. The lowest BCUT2D eigenvalue weighted by molar-refractivity contribution is -0.113. The van der Waals surface area contributed by atoms with Crippen LogP contribution in [0, 0.1) is 0 Å². The van der Waals surface area contributed by atoms with E-state index in [0.29, 0.717) is 22.9 Å².